The third-order valence-corrected chi connectivity index (χ3v) is 4.34. The minimum absolute atomic E-state index is 1.00. The second-order valence-electron chi connectivity index (χ2n) is 6.26. The first-order chi connectivity index (χ1) is 11.2. The van der Waals surface area contributed by atoms with Crippen molar-refractivity contribution in [3.8, 4) is 11.1 Å². The van der Waals surface area contributed by atoms with Gasteiger partial charge in [-0.15, -0.1) is 0 Å². The molecule has 0 fully saturated rings. The van der Waals surface area contributed by atoms with Crippen molar-refractivity contribution in [1.82, 2.24) is 19.7 Å². The van der Waals surface area contributed by atoms with E-state index >= 15 is 0 Å². The van der Waals surface area contributed by atoms with Crippen molar-refractivity contribution in [3.05, 3.63) is 54.9 Å². The molecule has 0 radical (unpaired) electrons. The van der Waals surface area contributed by atoms with Gasteiger partial charge in [-0.25, -0.2) is 0 Å². The Bertz CT molecular complexity index is 962. The minimum atomic E-state index is 1.00. The summed E-state index contributed by atoms with van der Waals surface area (Å²) in [6.45, 7) is 2.04. The number of likely N-dealkylation sites (N-methyl/N-ethyl adjacent to an activating group) is 1. The van der Waals surface area contributed by atoms with Crippen molar-refractivity contribution in [3.63, 3.8) is 0 Å². The van der Waals surface area contributed by atoms with Crippen molar-refractivity contribution < 1.29 is 0 Å². The average molecular weight is 304 g/mol. The van der Waals surface area contributed by atoms with Crippen LogP contribution in [0.5, 0.6) is 0 Å². The molecule has 0 saturated heterocycles. The molecule has 0 bridgehead atoms. The normalized spacial score (nSPS) is 11.8. The zero-order chi connectivity index (χ0) is 15.8. The lowest BCUT2D eigenvalue weighted by Crippen LogP contribution is -2.17. The van der Waals surface area contributed by atoms with Crippen molar-refractivity contribution in [2.45, 2.75) is 6.54 Å². The molecule has 1 N–H and O–H groups in total. The van der Waals surface area contributed by atoms with Crippen LogP contribution in [0.15, 0.2) is 54.9 Å². The van der Waals surface area contributed by atoms with Crippen LogP contribution < -0.4 is 0 Å². The Kier molecular flexibility index (Phi) is 3.39. The molecule has 0 spiro atoms. The second kappa shape index (κ2) is 5.56. The molecule has 0 amide bonds. The van der Waals surface area contributed by atoms with E-state index < -0.39 is 0 Å². The van der Waals surface area contributed by atoms with Crippen molar-refractivity contribution in [2.24, 2.45) is 0 Å². The van der Waals surface area contributed by atoms with Crippen molar-refractivity contribution in [2.75, 3.05) is 20.6 Å². The number of aromatic nitrogens is 3. The first-order valence-electron chi connectivity index (χ1n) is 7.88. The summed E-state index contributed by atoms with van der Waals surface area (Å²) in [6, 6.07) is 15.3. The van der Waals surface area contributed by atoms with Crippen LogP contribution >= 0.6 is 0 Å². The average Bonchev–Trinajstić information content (AvgIpc) is 3.18. The van der Waals surface area contributed by atoms with Gasteiger partial charge in [-0.1, -0.05) is 18.2 Å². The van der Waals surface area contributed by atoms with Gasteiger partial charge in [0.15, 0.2) is 0 Å². The van der Waals surface area contributed by atoms with E-state index in [1.165, 1.54) is 22.0 Å². The van der Waals surface area contributed by atoms with E-state index in [0.29, 0.717) is 0 Å². The Balaban J connectivity index is 1.76. The third kappa shape index (κ3) is 2.62. The summed E-state index contributed by atoms with van der Waals surface area (Å²) < 4.78 is 2.33. The number of aromatic amines is 1. The first-order valence-corrected chi connectivity index (χ1v) is 7.88. The molecule has 0 atom stereocenters. The summed E-state index contributed by atoms with van der Waals surface area (Å²) in [5, 5.41) is 9.53. The molecule has 2 aromatic heterocycles. The Labute approximate surface area is 135 Å². The molecule has 2 heterocycles. The third-order valence-electron chi connectivity index (χ3n) is 4.34. The highest BCUT2D eigenvalue weighted by Gasteiger charge is 2.06. The van der Waals surface area contributed by atoms with E-state index in [2.05, 4.69) is 82.4 Å². The molecule has 116 valence electrons. The van der Waals surface area contributed by atoms with E-state index in [1.807, 2.05) is 6.20 Å². The molecule has 0 aliphatic heterocycles. The quantitative estimate of drug-likeness (QED) is 0.623. The highest BCUT2D eigenvalue weighted by molar-refractivity contribution is 5.88. The SMILES string of the molecule is CN(C)CCn1ccc2ccc(-c3ccc4[nH]ncc4c3)cc21. The van der Waals surface area contributed by atoms with Gasteiger partial charge in [0, 0.05) is 30.2 Å². The van der Waals surface area contributed by atoms with Crippen LogP contribution in [0.25, 0.3) is 32.9 Å². The van der Waals surface area contributed by atoms with E-state index in [-0.39, 0.29) is 0 Å². The van der Waals surface area contributed by atoms with Gasteiger partial charge >= 0.3 is 0 Å². The summed E-state index contributed by atoms with van der Waals surface area (Å²) in [7, 11) is 4.22. The molecule has 2 aromatic carbocycles. The molecule has 0 saturated carbocycles. The molecule has 4 rings (SSSR count). The number of H-pyrrole nitrogens is 1. The van der Waals surface area contributed by atoms with Gasteiger partial charge in [-0.2, -0.15) is 5.10 Å². The van der Waals surface area contributed by atoms with E-state index in [1.54, 1.807) is 0 Å². The lowest BCUT2D eigenvalue weighted by Gasteiger charge is -2.12. The smallest absolute Gasteiger partial charge is 0.0650 e. The highest BCUT2D eigenvalue weighted by Crippen LogP contribution is 2.27. The molecule has 4 heteroatoms. The van der Waals surface area contributed by atoms with Crippen LogP contribution in [-0.4, -0.2) is 40.3 Å². The lowest BCUT2D eigenvalue weighted by molar-refractivity contribution is 0.387. The number of nitrogens with one attached hydrogen (secondary N) is 1. The van der Waals surface area contributed by atoms with Crippen LogP contribution in [0.1, 0.15) is 0 Å². The lowest BCUT2D eigenvalue weighted by atomic mass is 10.0. The van der Waals surface area contributed by atoms with Gasteiger partial charge in [0.1, 0.15) is 0 Å². The maximum atomic E-state index is 4.10. The van der Waals surface area contributed by atoms with Gasteiger partial charge in [0.05, 0.1) is 11.7 Å². The molecule has 4 nitrogen and oxygen atoms in total. The van der Waals surface area contributed by atoms with Crippen molar-refractivity contribution in [1.29, 1.82) is 0 Å². The fourth-order valence-corrected chi connectivity index (χ4v) is 2.99. The molecule has 4 aromatic rings. The van der Waals surface area contributed by atoms with Gasteiger partial charge in [0.2, 0.25) is 0 Å². The number of hydrogen-bond donors (Lipinski definition) is 1. The fourth-order valence-electron chi connectivity index (χ4n) is 2.99. The number of benzene rings is 2. The zero-order valence-electron chi connectivity index (χ0n) is 13.5. The number of nitrogens with zero attached hydrogens (tertiary/aromatic N) is 3. The van der Waals surface area contributed by atoms with E-state index in [4.69, 9.17) is 0 Å². The molecular weight excluding hydrogens is 284 g/mol. The first kappa shape index (κ1) is 14.0. The van der Waals surface area contributed by atoms with Crippen LogP contribution in [0.2, 0.25) is 0 Å². The van der Waals surface area contributed by atoms with E-state index in [9.17, 15) is 0 Å². The Hall–Kier alpha value is -2.59. The Morgan fingerprint density at radius 3 is 2.70 bits per heavy atom. The van der Waals surface area contributed by atoms with Gasteiger partial charge < -0.3 is 9.47 Å². The van der Waals surface area contributed by atoms with Crippen LogP contribution in [-0.2, 0) is 6.54 Å². The summed E-state index contributed by atoms with van der Waals surface area (Å²) in [4.78, 5) is 2.21. The summed E-state index contributed by atoms with van der Waals surface area (Å²) in [5.74, 6) is 0. The zero-order valence-corrected chi connectivity index (χ0v) is 13.5. The van der Waals surface area contributed by atoms with E-state index in [0.717, 1.165) is 24.0 Å². The second-order valence-corrected chi connectivity index (χ2v) is 6.26. The summed E-state index contributed by atoms with van der Waals surface area (Å²) >= 11 is 0. The van der Waals surface area contributed by atoms with Crippen molar-refractivity contribution >= 4 is 21.8 Å². The van der Waals surface area contributed by atoms with Crippen LogP contribution in [0, 0.1) is 0 Å². The molecule has 0 unspecified atom stereocenters. The highest BCUT2D eigenvalue weighted by atomic mass is 15.1. The fraction of sp³-hybridized carbons (Fsp3) is 0.211. The largest absolute Gasteiger partial charge is 0.346 e. The molecule has 0 aliphatic rings. The Morgan fingerprint density at radius 1 is 1.00 bits per heavy atom. The van der Waals surface area contributed by atoms with Gasteiger partial charge in [0.25, 0.3) is 0 Å². The predicted octanol–water partition coefficient (Wildman–Crippen LogP) is 3.75. The van der Waals surface area contributed by atoms with Crippen LogP contribution in [0.3, 0.4) is 0 Å². The van der Waals surface area contributed by atoms with Gasteiger partial charge in [-0.05, 0) is 54.9 Å². The maximum absolute atomic E-state index is 4.10. The minimum Gasteiger partial charge on any atom is -0.346 e. The van der Waals surface area contributed by atoms with Crippen LogP contribution in [0.4, 0.5) is 0 Å². The Morgan fingerprint density at radius 2 is 1.83 bits per heavy atom. The molecular formula is C19H20N4. The number of hydrogen-bond acceptors (Lipinski definition) is 2. The van der Waals surface area contributed by atoms with Gasteiger partial charge in [-0.3, -0.25) is 5.10 Å². The molecule has 23 heavy (non-hydrogen) atoms. The predicted molar refractivity (Wildman–Crippen MR) is 95.6 cm³/mol. The summed E-state index contributed by atoms with van der Waals surface area (Å²) in [5.41, 5.74) is 4.83. The topological polar surface area (TPSA) is 36.9 Å². The standard InChI is InChI=1S/C19H20N4/c1-22(2)9-10-23-8-7-14-3-4-16(12-19(14)23)15-5-6-18-17(11-15)13-20-21-18/h3-8,11-13H,9-10H2,1-2H3,(H,20,21). The monoisotopic (exact) mass is 304 g/mol. The molecule has 0 aliphatic carbocycles. The number of fused-ring (bicyclic) bond motifs is 2. The number of rotatable bonds is 4. The maximum Gasteiger partial charge on any atom is 0.0650 e. The summed E-state index contributed by atoms with van der Waals surface area (Å²) in [6.07, 6.45) is 4.05.